The molecule has 0 aromatic carbocycles. The molecule has 2 aliphatic rings. The van der Waals surface area contributed by atoms with Gasteiger partial charge in [-0.3, -0.25) is 0 Å². The summed E-state index contributed by atoms with van der Waals surface area (Å²) in [6, 6.07) is 0. The van der Waals surface area contributed by atoms with Crippen LogP contribution in [-0.2, 0) is 0 Å². The van der Waals surface area contributed by atoms with Gasteiger partial charge in [-0.05, 0) is 37.0 Å². The smallest absolute Gasteiger partial charge is 0.170 e. The van der Waals surface area contributed by atoms with Crippen LogP contribution in [0.4, 0.5) is 26.3 Å². The van der Waals surface area contributed by atoms with E-state index in [1.165, 1.54) is 0 Å². The predicted molar refractivity (Wildman–Crippen MR) is 48.5 cm³/mol. The van der Waals surface area contributed by atoms with Gasteiger partial charge in [0.05, 0.1) is 0 Å². The van der Waals surface area contributed by atoms with Crippen LogP contribution in [0.3, 0.4) is 0 Å². The lowest BCUT2D eigenvalue weighted by Crippen LogP contribution is -2.36. The Morgan fingerprint density at radius 1 is 0.941 bits per heavy atom. The van der Waals surface area contributed by atoms with Crippen molar-refractivity contribution in [1.82, 2.24) is 0 Å². The molecule has 1 saturated carbocycles. The van der Waals surface area contributed by atoms with Crippen molar-refractivity contribution < 1.29 is 26.3 Å². The molecule has 1 fully saturated rings. The highest BCUT2D eigenvalue weighted by atomic mass is 19.4. The number of fused-ring (bicyclic) bond motifs is 2. The van der Waals surface area contributed by atoms with Crippen molar-refractivity contribution in [3.8, 4) is 0 Å². The van der Waals surface area contributed by atoms with Crippen LogP contribution < -0.4 is 0 Å². The maximum atomic E-state index is 12.3. The van der Waals surface area contributed by atoms with Crippen LogP contribution in [-0.4, -0.2) is 12.4 Å². The third kappa shape index (κ3) is 2.60. The Morgan fingerprint density at radius 3 is 1.88 bits per heavy atom. The van der Waals surface area contributed by atoms with Crippen LogP contribution >= 0.6 is 0 Å². The normalized spacial score (nSPS) is 32.8. The van der Waals surface area contributed by atoms with Crippen molar-refractivity contribution in [3.63, 3.8) is 0 Å². The molecule has 0 spiro atoms. The van der Waals surface area contributed by atoms with Crippen molar-refractivity contribution in [2.75, 3.05) is 0 Å². The zero-order valence-electron chi connectivity index (χ0n) is 8.65. The van der Waals surface area contributed by atoms with E-state index in [9.17, 15) is 26.3 Å². The Kier molecular flexibility index (Phi) is 2.94. The van der Waals surface area contributed by atoms with Crippen LogP contribution in [0.1, 0.15) is 12.8 Å². The summed E-state index contributed by atoms with van der Waals surface area (Å²) < 4.78 is 73.8. The van der Waals surface area contributed by atoms with Gasteiger partial charge in [0.2, 0.25) is 0 Å². The first-order valence-corrected chi connectivity index (χ1v) is 5.22. The third-order valence-corrected chi connectivity index (χ3v) is 3.32. The molecule has 3 unspecified atom stereocenters. The van der Waals surface area contributed by atoms with Crippen molar-refractivity contribution in [1.29, 1.82) is 0 Å². The summed E-state index contributed by atoms with van der Waals surface area (Å²) >= 11 is 0. The zero-order chi connectivity index (χ0) is 12.8. The Morgan fingerprint density at radius 2 is 1.53 bits per heavy atom. The fraction of sp³-hybridized carbons (Fsp3) is 0.636. The van der Waals surface area contributed by atoms with Gasteiger partial charge in [0, 0.05) is 0 Å². The monoisotopic (exact) mass is 256 g/mol. The van der Waals surface area contributed by atoms with Crippen LogP contribution in [0, 0.1) is 30.1 Å². The molecule has 2 radical (unpaired) electrons. The van der Waals surface area contributed by atoms with E-state index < -0.39 is 24.2 Å². The number of alkyl halides is 6. The lowest BCUT2D eigenvalue weighted by molar-refractivity contribution is -0.200. The maximum absolute atomic E-state index is 12.3. The topological polar surface area (TPSA) is 0 Å². The quantitative estimate of drug-likeness (QED) is 0.515. The van der Waals surface area contributed by atoms with E-state index >= 15 is 0 Å². The third-order valence-electron chi connectivity index (χ3n) is 3.32. The summed E-state index contributed by atoms with van der Waals surface area (Å²) in [6.45, 7) is 0. The molecule has 96 valence electrons. The maximum Gasteiger partial charge on any atom is 0.404 e. The van der Waals surface area contributed by atoms with Gasteiger partial charge in [0.25, 0.3) is 0 Å². The van der Waals surface area contributed by atoms with Crippen molar-refractivity contribution in [2.45, 2.75) is 25.2 Å². The second-order valence-corrected chi connectivity index (χ2v) is 4.52. The van der Waals surface area contributed by atoms with E-state index in [-0.39, 0.29) is 11.8 Å². The predicted octanol–water partition coefficient (Wildman–Crippen LogP) is 4.10. The minimum absolute atomic E-state index is 0.143. The second-order valence-electron chi connectivity index (χ2n) is 4.52. The highest BCUT2D eigenvalue weighted by Crippen LogP contribution is 2.51. The number of halogens is 6. The molecule has 0 N–H and O–H groups in total. The van der Waals surface area contributed by atoms with E-state index in [1.54, 1.807) is 6.08 Å². The number of hydrogen-bond acceptors (Lipinski definition) is 0. The summed E-state index contributed by atoms with van der Waals surface area (Å²) in [7, 11) is 0. The number of allylic oxidation sites excluding steroid dienone is 2. The molecule has 17 heavy (non-hydrogen) atoms. The Balaban J connectivity index is 2.06. The summed E-state index contributed by atoms with van der Waals surface area (Å²) in [5.41, 5.74) is 0. The van der Waals surface area contributed by atoms with Crippen LogP contribution in [0.5, 0.6) is 0 Å². The lowest BCUT2D eigenvalue weighted by atomic mass is 9.84. The Hall–Kier alpha value is -0.680. The molecule has 6 heteroatoms. The fourth-order valence-corrected chi connectivity index (χ4v) is 2.58. The first-order chi connectivity index (χ1) is 7.68. The average molecular weight is 256 g/mol. The van der Waals surface area contributed by atoms with Gasteiger partial charge in [-0.25, -0.2) is 0 Å². The van der Waals surface area contributed by atoms with E-state index in [2.05, 4.69) is 0 Å². The summed E-state index contributed by atoms with van der Waals surface area (Å²) in [5.74, 6) is -3.03. The molecule has 0 saturated heterocycles. The molecule has 0 aliphatic heterocycles. The number of rotatable bonds is 2. The molecule has 2 bridgehead atoms. The average Bonchev–Trinajstić information content (AvgIpc) is 2.70. The van der Waals surface area contributed by atoms with Crippen molar-refractivity contribution >= 4 is 0 Å². The molecule has 0 aromatic rings. The van der Waals surface area contributed by atoms with Gasteiger partial charge in [-0.15, -0.1) is 0 Å². The van der Waals surface area contributed by atoms with E-state index in [1.807, 2.05) is 6.08 Å². The van der Waals surface area contributed by atoms with Gasteiger partial charge in [0.1, 0.15) is 0 Å². The SMILES string of the molecule is FC(F)(F)[C]([CH]C1CC2C=CC1C2)C(F)(F)F. The van der Waals surface area contributed by atoms with E-state index in [0.717, 1.165) is 0 Å². The van der Waals surface area contributed by atoms with Gasteiger partial charge in [0.15, 0.2) is 5.92 Å². The minimum Gasteiger partial charge on any atom is -0.170 e. The summed E-state index contributed by atoms with van der Waals surface area (Å²) in [6.07, 6.45) is -5.64. The van der Waals surface area contributed by atoms with Crippen LogP contribution in [0.25, 0.3) is 0 Å². The standard InChI is InChI=1S/C11H10F6/c12-10(13,14)9(11(15,16)17)5-8-4-6-1-2-7(8)3-6/h1-2,5-8H,3-4H2. The van der Waals surface area contributed by atoms with Crippen LogP contribution in [0.2, 0.25) is 0 Å². The van der Waals surface area contributed by atoms with Crippen molar-refractivity contribution in [3.05, 3.63) is 24.5 Å². The molecule has 0 nitrogen and oxygen atoms in total. The van der Waals surface area contributed by atoms with Gasteiger partial charge >= 0.3 is 12.4 Å². The van der Waals surface area contributed by atoms with Gasteiger partial charge in [-0.1, -0.05) is 12.2 Å². The van der Waals surface area contributed by atoms with Crippen molar-refractivity contribution in [2.24, 2.45) is 17.8 Å². The molecule has 3 atom stereocenters. The minimum atomic E-state index is -5.33. The fourth-order valence-electron chi connectivity index (χ4n) is 2.58. The van der Waals surface area contributed by atoms with Gasteiger partial charge in [-0.2, -0.15) is 26.3 Å². The molecule has 2 rings (SSSR count). The Labute approximate surface area is 94.7 Å². The largest absolute Gasteiger partial charge is 0.404 e. The number of hydrogen-bond donors (Lipinski definition) is 0. The molecule has 2 aliphatic carbocycles. The molecule has 0 aromatic heterocycles. The van der Waals surface area contributed by atoms with E-state index in [0.29, 0.717) is 19.3 Å². The molecule has 0 amide bonds. The van der Waals surface area contributed by atoms with Gasteiger partial charge < -0.3 is 0 Å². The summed E-state index contributed by atoms with van der Waals surface area (Å²) in [5, 5.41) is 0. The highest BCUT2D eigenvalue weighted by Gasteiger charge is 2.59. The first kappa shape index (κ1) is 12.8. The second kappa shape index (κ2) is 3.92. The lowest BCUT2D eigenvalue weighted by Gasteiger charge is -2.26. The first-order valence-electron chi connectivity index (χ1n) is 5.22. The zero-order valence-corrected chi connectivity index (χ0v) is 8.65. The molecule has 0 heterocycles. The highest BCUT2D eigenvalue weighted by molar-refractivity contribution is 5.23. The Bertz CT molecular complexity index is 299. The molecular weight excluding hydrogens is 246 g/mol. The molecular formula is C11H10F6. The van der Waals surface area contributed by atoms with E-state index in [4.69, 9.17) is 0 Å². The van der Waals surface area contributed by atoms with Crippen LogP contribution in [0.15, 0.2) is 12.2 Å². The summed E-state index contributed by atoms with van der Waals surface area (Å²) in [4.78, 5) is 0.